The van der Waals surface area contributed by atoms with Gasteiger partial charge in [0.1, 0.15) is 5.60 Å². The number of rotatable bonds is 4. The molecular formula is C12H18F2O4. The zero-order valence-electron chi connectivity index (χ0n) is 11.0. The normalized spacial score (nSPS) is 26.9. The van der Waals surface area contributed by atoms with Crippen molar-refractivity contribution in [1.29, 1.82) is 0 Å². The Balaban J connectivity index is 2.72. The van der Waals surface area contributed by atoms with Crippen molar-refractivity contribution >= 4 is 11.9 Å². The average molecular weight is 264 g/mol. The molecule has 1 fully saturated rings. The summed E-state index contributed by atoms with van der Waals surface area (Å²) in [6, 6.07) is 0. The van der Waals surface area contributed by atoms with Crippen molar-refractivity contribution in [2.24, 2.45) is 11.3 Å². The van der Waals surface area contributed by atoms with Crippen LogP contribution in [0.5, 0.6) is 0 Å². The summed E-state index contributed by atoms with van der Waals surface area (Å²) in [4.78, 5) is 23.2. The molecule has 0 amide bonds. The molecule has 1 saturated carbocycles. The highest BCUT2D eigenvalue weighted by atomic mass is 19.3. The summed E-state index contributed by atoms with van der Waals surface area (Å²) in [6.45, 7) is 5.02. The number of hydrogen-bond donors (Lipinski definition) is 0. The highest BCUT2D eigenvalue weighted by molar-refractivity contribution is 5.86. The lowest BCUT2D eigenvalue weighted by atomic mass is 9.99. The summed E-state index contributed by atoms with van der Waals surface area (Å²) in [7, 11) is 1.13. The zero-order chi connectivity index (χ0) is 14.1. The van der Waals surface area contributed by atoms with Crippen LogP contribution in [0.1, 0.15) is 33.6 Å². The molecule has 0 aromatic heterocycles. The number of carbonyl (C=O) groups excluding carboxylic acids is 2. The number of ether oxygens (including phenoxy) is 2. The van der Waals surface area contributed by atoms with Gasteiger partial charge in [-0.25, -0.2) is 8.78 Å². The maximum Gasteiger partial charge on any atom is 0.312 e. The molecule has 0 aliphatic heterocycles. The molecule has 0 unspecified atom stereocenters. The summed E-state index contributed by atoms with van der Waals surface area (Å²) in [5.41, 5.74) is -2.10. The first-order chi connectivity index (χ1) is 8.12. The molecule has 0 spiro atoms. The van der Waals surface area contributed by atoms with Gasteiger partial charge in [0, 0.05) is 5.92 Å². The van der Waals surface area contributed by atoms with Gasteiger partial charge < -0.3 is 9.47 Å². The molecule has 0 bridgehead atoms. The van der Waals surface area contributed by atoms with Gasteiger partial charge in [-0.2, -0.15) is 0 Å². The number of hydrogen-bond acceptors (Lipinski definition) is 4. The van der Waals surface area contributed by atoms with Crippen LogP contribution < -0.4 is 0 Å². The van der Waals surface area contributed by atoms with Crippen LogP contribution in [-0.2, 0) is 19.1 Å². The molecule has 0 saturated heterocycles. The van der Waals surface area contributed by atoms with E-state index in [0.717, 1.165) is 7.11 Å². The van der Waals surface area contributed by atoms with Crippen LogP contribution in [0.3, 0.4) is 0 Å². The van der Waals surface area contributed by atoms with Gasteiger partial charge in [0.05, 0.1) is 18.9 Å². The largest absolute Gasteiger partial charge is 0.469 e. The third-order valence-corrected chi connectivity index (χ3v) is 2.91. The Morgan fingerprint density at radius 3 is 2.28 bits per heavy atom. The Kier molecular flexibility index (Phi) is 3.98. The molecule has 0 heterocycles. The van der Waals surface area contributed by atoms with Crippen molar-refractivity contribution in [3.05, 3.63) is 0 Å². The summed E-state index contributed by atoms with van der Waals surface area (Å²) in [6.07, 6.45) is -3.02. The van der Waals surface area contributed by atoms with Gasteiger partial charge in [-0.1, -0.05) is 0 Å². The van der Waals surface area contributed by atoms with Crippen LogP contribution in [0, 0.1) is 11.3 Å². The first kappa shape index (κ1) is 14.9. The first-order valence-corrected chi connectivity index (χ1v) is 5.71. The number of esters is 2. The monoisotopic (exact) mass is 264 g/mol. The van der Waals surface area contributed by atoms with Gasteiger partial charge in [0.2, 0.25) is 6.43 Å². The lowest BCUT2D eigenvalue weighted by Gasteiger charge is -2.21. The van der Waals surface area contributed by atoms with Gasteiger partial charge in [-0.05, 0) is 27.2 Å². The quantitative estimate of drug-likeness (QED) is 0.730. The molecule has 0 N–H and O–H groups in total. The molecule has 4 nitrogen and oxygen atoms in total. The Hall–Kier alpha value is -1.20. The van der Waals surface area contributed by atoms with Crippen molar-refractivity contribution in [3.63, 3.8) is 0 Å². The second kappa shape index (κ2) is 4.82. The minimum atomic E-state index is -2.63. The molecule has 2 atom stereocenters. The topological polar surface area (TPSA) is 52.6 Å². The molecule has 0 aromatic carbocycles. The van der Waals surface area contributed by atoms with Crippen LogP contribution in [0.4, 0.5) is 8.78 Å². The van der Waals surface area contributed by atoms with Gasteiger partial charge in [0.15, 0.2) is 0 Å². The maximum absolute atomic E-state index is 12.6. The summed E-state index contributed by atoms with van der Waals surface area (Å²) < 4.78 is 34.8. The Bertz CT molecular complexity index is 348. The molecule has 0 aromatic rings. The van der Waals surface area contributed by atoms with Crippen LogP contribution in [0.15, 0.2) is 0 Å². The Labute approximate surface area is 105 Å². The second-order valence-corrected chi connectivity index (χ2v) is 5.56. The Morgan fingerprint density at radius 1 is 1.39 bits per heavy atom. The first-order valence-electron chi connectivity index (χ1n) is 5.71. The van der Waals surface area contributed by atoms with E-state index in [1.807, 2.05) is 0 Å². The molecule has 6 heteroatoms. The lowest BCUT2D eigenvalue weighted by Crippen LogP contribution is -2.30. The van der Waals surface area contributed by atoms with Gasteiger partial charge in [-0.15, -0.1) is 0 Å². The van der Waals surface area contributed by atoms with Crippen molar-refractivity contribution in [1.82, 2.24) is 0 Å². The number of methoxy groups -OCH3 is 1. The molecule has 1 rings (SSSR count). The Morgan fingerprint density at radius 2 is 1.94 bits per heavy atom. The smallest absolute Gasteiger partial charge is 0.312 e. The minimum absolute atomic E-state index is 0.0312. The van der Waals surface area contributed by atoms with Gasteiger partial charge in [0.25, 0.3) is 0 Å². The van der Waals surface area contributed by atoms with E-state index >= 15 is 0 Å². The van der Waals surface area contributed by atoms with E-state index in [0.29, 0.717) is 0 Å². The SMILES string of the molecule is COC(=O)[C@]1(CC(=O)OC(C)(C)C)C[C@H]1C(F)F. The molecular weight excluding hydrogens is 246 g/mol. The van der Waals surface area contributed by atoms with E-state index in [9.17, 15) is 18.4 Å². The summed E-state index contributed by atoms with van der Waals surface area (Å²) in [5.74, 6) is -2.54. The minimum Gasteiger partial charge on any atom is -0.469 e. The predicted octanol–water partition coefficient (Wildman–Crippen LogP) is 2.16. The third kappa shape index (κ3) is 3.17. The van der Waals surface area contributed by atoms with E-state index in [4.69, 9.17) is 4.74 Å². The fraction of sp³-hybridized carbons (Fsp3) is 0.833. The van der Waals surface area contributed by atoms with Gasteiger partial charge in [-0.3, -0.25) is 9.59 Å². The summed E-state index contributed by atoms with van der Waals surface area (Å²) >= 11 is 0. The van der Waals surface area contributed by atoms with Crippen molar-refractivity contribution in [2.45, 2.75) is 45.6 Å². The van der Waals surface area contributed by atoms with E-state index < -0.39 is 35.3 Å². The van der Waals surface area contributed by atoms with Crippen LogP contribution in [0.2, 0.25) is 0 Å². The molecule has 0 radical (unpaired) electrons. The van der Waals surface area contributed by atoms with Crippen molar-refractivity contribution in [2.75, 3.05) is 7.11 Å². The second-order valence-electron chi connectivity index (χ2n) is 5.56. The standard InChI is InChI=1S/C12H18F2O4/c1-11(2,3)18-8(15)6-12(10(16)17-4)5-7(12)9(13)14/h7,9H,5-6H2,1-4H3/t7-,12-/m0/s1. The fourth-order valence-electron chi connectivity index (χ4n) is 2.01. The lowest BCUT2D eigenvalue weighted by molar-refractivity contribution is -0.163. The number of carbonyl (C=O) groups is 2. The molecule has 104 valence electrons. The van der Waals surface area contributed by atoms with Crippen LogP contribution in [-0.4, -0.2) is 31.1 Å². The zero-order valence-corrected chi connectivity index (χ0v) is 11.0. The van der Waals surface area contributed by atoms with E-state index in [-0.39, 0.29) is 12.8 Å². The third-order valence-electron chi connectivity index (χ3n) is 2.91. The fourth-order valence-corrected chi connectivity index (χ4v) is 2.01. The van der Waals surface area contributed by atoms with Crippen molar-refractivity contribution in [3.8, 4) is 0 Å². The summed E-state index contributed by atoms with van der Waals surface area (Å²) in [5, 5.41) is 0. The number of alkyl halides is 2. The predicted molar refractivity (Wildman–Crippen MR) is 59.0 cm³/mol. The van der Waals surface area contributed by atoms with E-state index in [1.54, 1.807) is 20.8 Å². The molecule has 18 heavy (non-hydrogen) atoms. The van der Waals surface area contributed by atoms with E-state index in [1.165, 1.54) is 0 Å². The van der Waals surface area contributed by atoms with Crippen LogP contribution in [0.25, 0.3) is 0 Å². The molecule has 1 aliphatic carbocycles. The highest BCUT2D eigenvalue weighted by Gasteiger charge is 2.66. The average Bonchev–Trinajstić information content (AvgIpc) is 2.89. The van der Waals surface area contributed by atoms with E-state index in [2.05, 4.69) is 4.74 Å². The molecule has 1 aliphatic rings. The number of halogens is 2. The van der Waals surface area contributed by atoms with Gasteiger partial charge >= 0.3 is 11.9 Å². The highest BCUT2D eigenvalue weighted by Crippen LogP contribution is 2.59. The maximum atomic E-state index is 12.6. The van der Waals surface area contributed by atoms with Crippen molar-refractivity contribution < 1.29 is 27.8 Å². The van der Waals surface area contributed by atoms with Crippen LogP contribution >= 0.6 is 0 Å².